The van der Waals surface area contributed by atoms with Gasteiger partial charge in [0.15, 0.2) is 0 Å². The fourth-order valence-electron chi connectivity index (χ4n) is 1.81. The van der Waals surface area contributed by atoms with Gasteiger partial charge in [-0.1, -0.05) is 0 Å². The smallest absolute Gasteiger partial charge is 0.412 e. The van der Waals surface area contributed by atoms with Crippen molar-refractivity contribution in [2.24, 2.45) is 0 Å². The highest BCUT2D eigenvalue weighted by Crippen LogP contribution is 2.24. The number of amides is 2. The van der Waals surface area contributed by atoms with Crippen molar-refractivity contribution < 1.29 is 18.7 Å². The lowest BCUT2D eigenvalue weighted by molar-refractivity contribution is 0.0635. The third-order valence-corrected chi connectivity index (χ3v) is 2.48. The highest BCUT2D eigenvalue weighted by Gasteiger charge is 2.24. The molecule has 6 heteroatoms. The van der Waals surface area contributed by atoms with Crippen molar-refractivity contribution in [3.8, 4) is 0 Å². The number of carbonyl (C=O) groups excluding carboxylic acids is 2. The van der Waals surface area contributed by atoms with Crippen LogP contribution in [0.5, 0.6) is 0 Å². The summed E-state index contributed by atoms with van der Waals surface area (Å²) >= 11 is 0. The molecule has 0 atom stereocenters. The molecule has 0 saturated carbocycles. The molecule has 0 radical (unpaired) electrons. The lowest BCUT2D eigenvalue weighted by Gasteiger charge is -2.19. The number of hydrogen-bond donors (Lipinski definition) is 2. The summed E-state index contributed by atoms with van der Waals surface area (Å²) < 4.78 is 18.8. The molecule has 102 valence electrons. The number of ether oxygens (including phenoxy) is 1. The van der Waals surface area contributed by atoms with Crippen LogP contribution in [0.3, 0.4) is 0 Å². The van der Waals surface area contributed by atoms with E-state index in [0.717, 1.165) is 6.07 Å². The van der Waals surface area contributed by atoms with Crippen molar-refractivity contribution in [2.75, 3.05) is 5.32 Å². The van der Waals surface area contributed by atoms with Gasteiger partial charge in [0.1, 0.15) is 11.4 Å². The second kappa shape index (κ2) is 4.53. The Balaban J connectivity index is 2.17. The lowest BCUT2D eigenvalue weighted by atomic mass is 10.1. The summed E-state index contributed by atoms with van der Waals surface area (Å²) in [6.07, 6.45) is -0.663. The van der Waals surface area contributed by atoms with E-state index in [1.807, 2.05) is 0 Å². The van der Waals surface area contributed by atoms with Crippen molar-refractivity contribution in [1.29, 1.82) is 0 Å². The van der Waals surface area contributed by atoms with Gasteiger partial charge in [0.2, 0.25) is 0 Å². The zero-order valence-corrected chi connectivity index (χ0v) is 11.0. The number of halogens is 1. The third kappa shape index (κ3) is 3.01. The molecule has 0 bridgehead atoms. The summed E-state index contributed by atoms with van der Waals surface area (Å²) in [4.78, 5) is 22.9. The molecular weight excluding hydrogens is 251 g/mol. The van der Waals surface area contributed by atoms with Crippen molar-refractivity contribution in [3.63, 3.8) is 0 Å². The maximum absolute atomic E-state index is 13.7. The molecule has 2 amide bonds. The molecule has 1 aromatic rings. The molecule has 5 nitrogen and oxygen atoms in total. The highest BCUT2D eigenvalue weighted by atomic mass is 19.1. The van der Waals surface area contributed by atoms with Crippen LogP contribution >= 0.6 is 0 Å². The minimum Gasteiger partial charge on any atom is -0.444 e. The number of carbonyl (C=O) groups is 2. The molecule has 1 heterocycles. The molecule has 0 unspecified atom stereocenters. The predicted octanol–water partition coefficient (Wildman–Crippen LogP) is 2.42. The standard InChI is InChI=1S/C13H15FN2O3/c1-13(2,3)19-12(18)16-8-4-7-6-15-11(17)10(7)9(14)5-8/h4-5H,6H2,1-3H3,(H,15,17)(H,16,18). The summed E-state index contributed by atoms with van der Waals surface area (Å²) in [6.45, 7) is 5.46. The Labute approximate surface area is 110 Å². The van der Waals surface area contributed by atoms with E-state index in [1.165, 1.54) is 0 Å². The van der Waals surface area contributed by atoms with E-state index in [4.69, 9.17) is 4.74 Å². The van der Waals surface area contributed by atoms with Crippen LogP contribution in [0.4, 0.5) is 14.9 Å². The molecule has 0 saturated heterocycles. The summed E-state index contributed by atoms with van der Waals surface area (Å²) in [5.41, 5.74) is 0.199. The van der Waals surface area contributed by atoms with Crippen LogP contribution in [-0.2, 0) is 11.3 Å². The lowest BCUT2D eigenvalue weighted by Crippen LogP contribution is -2.27. The molecular formula is C13H15FN2O3. The van der Waals surface area contributed by atoms with E-state index in [0.29, 0.717) is 5.56 Å². The van der Waals surface area contributed by atoms with E-state index in [2.05, 4.69) is 10.6 Å². The highest BCUT2D eigenvalue weighted by molar-refractivity contribution is 5.99. The first kappa shape index (κ1) is 13.3. The maximum Gasteiger partial charge on any atom is 0.412 e. The van der Waals surface area contributed by atoms with E-state index in [9.17, 15) is 14.0 Å². The van der Waals surface area contributed by atoms with E-state index in [1.54, 1.807) is 26.8 Å². The van der Waals surface area contributed by atoms with Gasteiger partial charge in [0.25, 0.3) is 5.91 Å². The second-order valence-corrected chi connectivity index (χ2v) is 5.30. The van der Waals surface area contributed by atoms with Crippen molar-refractivity contribution in [1.82, 2.24) is 5.32 Å². The number of benzene rings is 1. The van der Waals surface area contributed by atoms with E-state index < -0.39 is 23.4 Å². The van der Waals surface area contributed by atoms with Crippen LogP contribution in [0, 0.1) is 5.82 Å². The normalized spacial score (nSPS) is 13.8. The van der Waals surface area contributed by atoms with Crippen LogP contribution in [0.2, 0.25) is 0 Å². The van der Waals surface area contributed by atoms with Crippen LogP contribution in [-0.4, -0.2) is 17.6 Å². The minimum absolute atomic E-state index is 0.0368. The van der Waals surface area contributed by atoms with Gasteiger partial charge >= 0.3 is 6.09 Å². The molecule has 0 fully saturated rings. The fourth-order valence-corrected chi connectivity index (χ4v) is 1.81. The summed E-state index contributed by atoms with van der Waals surface area (Å²) in [5.74, 6) is -1.09. The molecule has 0 aromatic heterocycles. The van der Waals surface area contributed by atoms with E-state index in [-0.39, 0.29) is 17.8 Å². The molecule has 1 aromatic carbocycles. The number of fused-ring (bicyclic) bond motifs is 1. The van der Waals surface area contributed by atoms with Gasteiger partial charge in [-0.2, -0.15) is 0 Å². The van der Waals surface area contributed by atoms with Crippen molar-refractivity contribution in [2.45, 2.75) is 32.9 Å². The maximum atomic E-state index is 13.7. The Morgan fingerprint density at radius 3 is 2.74 bits per heavy atom. The molecule has 0 aliphatic carbocycles. The number of anilines is 1. The van der Waals surface area contributed by atoms with Gasteiger partial charge in [-0.15, -0.1) is 0 Å². The molecule has 0 spiro atoms. The molecule has 1 aliphatic rings. The molecule has 2 N–H and O–H groups in total. The van der Waals surface area contributed by atoms with Crippen LogP contribution in [0.15, 0.2) is 12.1 Å². The second-order valence-electron chi connectivity index (χ2n) is 5.30. The number of nitrogens with one attached hydrogen (secondary N) is 2. The first-order valence-corrected chi connectivity index (χ1v) is 5.87. The van der Waals surface area contributed by atoms with Gasteiger partial charge in [0.05, 0.1) is 5.56 Å². The minimum atomic E-state index is -0.663. The Morgan fingerprint density at radius 2 is 2.11 bits per heavy atom. The average Bonchev–Trinajstić information content (AvgIpc) is 2.57. The molecule has 19 heavy (non-hydrogen) atoms. The fraction of sp³-hybridized carbons (Fsp3) is 0.385. The van der Waals surface area contributed by atoms with Gasteiger partial charge in [-0.3, -0.25) is 10.1 Å². The third-order valence-electron chi connectivity index (χ3n) is 2.48. The summed E-state index contributed by atoms with van der Waals surface area (Å²) in [5, 5.41) is 4.97. The quantitative estimate of drug-likeness (QED) is 0.820. The monoisotopic (exact) mass is 266 g/mol. The zero-order valence-electron chi connectivity index (χ0n) is 11.0. The zero-order chi connectivity index (χ0) is 14.2. The SMILES string of the molecule is CC(C)(C)OC(=O)Nc1cc(F)c2c(c1)CNC2=O. The Hall–Kier alpha value is -2.11. The Morgan fingerprint density at radius 1 is 1.42 bits per heavy atom. The Kier molecular flexibility index (Phi) is 3.18. The van der Waals surface area contributed by atoms with Gasteiger partial charge in [-0.05, 0) is 38.5 Å². The first-order chi connectivity index (χ1) is 8.76. The van der Waals surface area contributed by atoms with Gasteiger partial charge in [0, 0.05) is 12.2 Å². The summed E-state index contributed by atoms with van der Waals surface area (Å²) in [6, 6.07) is 2.66. The largest absolute Gasteiger partial charge is 0.444 e. The topological polar surface area (TPSA) is 67.4 Å². The van der Waals surface area contributed by atoms with E-state index >= 15 is 0 Å². The average molecular weight is 266 g/mol. The van der Waals surface area contributed by atoms with Crippen LogP contribution in [0.1, 0.15) is 36.7 Å². The summed E-state index contributed by atoms with van der Waals surface area (Å²) in [7, 11) is 0. The first-order valence-electron chi connectivity index (χ1n) is 5.87. The molecule has 1 aliphatic heterocycles. The van der Waals surface area contributed by atoms with Crippen LogP contribution in [0.25, 0.3) is 0 Å². The van der Waals surface area contributed by atoms with Crippen molar-refractivity contribution in [3.05, 3.63) is 29.1 Å². The van der Waals surface area contributed by atoms with Crippen molar-refractivity contribution >= 4 is 17.7 Å². The number of rotatable bonds is 1. The van der Waals surface area contributed by atoms with Gasteiger partial charge < -0.3 is 10.1 Å². The van der Waals surface area contributed by atoms with Crippen LogP contribution < -0.4 is 10.6 Å². The predicted molar refractivity (Wildman–Crippen MR) is 67.4 cm³/mol. The van der Waals surface area contributed by atoms with Gasteiger partial charge in [-0.25, -0.2) is 9.18 Å². The number of hydrogen-bond acceptors (Lipinski definition) is 3. The molecule has 2 rings (SSSR count). The Bertz CT molecular complexity index is 550.